The first-order valence-corrected chi connectivity index (χ1v) is 12.2. The van der Waals surface area contributed by atoms with Gasteiger partial charge in [-0.15, -0.1) is 0 Å². The Bertz CT molecular complexity index is 1750. The first kappa shape index (κ1) is 25.1. The maximum Gasteiger partial charge on any atom is 0.329 e. The predicted octanol–water partition coefficient (Wildman–Crippen LogP) is 5.41. The van der Waals surface area contributed by atoms with E-state index in [4.69, 9.17) is 23.2 Å². The largest absolute Gasteiger partial charge is 0.329 e. The van der Waals surface area contributed by atoms with E-state index in [9.17, 15) is 19.6 Å². The highest BCUT2D eigenvalue weighted by atomic mass is 35.5. The van der Waals surface area contributed by atoms with E-state index in [1.54, 1.807) is 54.6 Å². The van der Waals surface area contributed by atoms with Gasteiger partial charge in [-0.1, -0.05) is 59.6 Å². The summed E-state index contributed by atoms with van der Waals surface area (Å²) in [5.41, 5.74) is 2.79. The predicted molar refractivity (Wildman–Crippen MR) is 145 cm³/mol. The van der Waals surface area contributed by atoms with E-state index in [1.807, 2.05) is 19.1 Å². The molecule has 0 unspecified atom stereocenters. The van der Waals surface area contributed by atoms with Crippen LogP contribution in [0.1, 0.15) is 22.3 Å². The summed E-state index contributed by atoms with van der Waals surface area (Å²) in [6.07, 6.45) is 1.34. The standard InChI is InChI=1S/C28H19Cl2N5O3/c1-16-6-2-5-9-24(16)35-26(36)21(25(33-35)20-11-10-19(29)12-22(20)30)13-23-27(37)34(28(38)32-23)15-18-8-4-3-7-17(18)14-31/h2-13,33H,15H2,1H3,(H,32,38)/b23-13-. The number of nitrogens with zero attached hydrogens (tertiary/aromatic N) is 3. The van der Waals surface area contributed by atoms with Crippen LogP contribution in [0.4, 0.5) is 4.79 Å². The van der Waals surface area contributed by atoms with Gasteiger partial charge in [-0.2, -0.15) is 5.26 Å². The van der Waals surface area contributed by atoms with Gasteiger partial charge in [0.25, 0.3) is 11.5 Å². The molecule has 2 heterocycles. The number of para-hydroxylation sites is 1. The van der Waals surface area contributed by atoms with E-state index in [0.717, 1.165) is 10.5 Å². The van der Waals surface area contributed by atoms with Crippen LogP contribution in [0, 0.1) is 18.3 Å². The number of carbonyl (C=O) groups excluding carboxylic acids is 2. The average Bonchev–Trinajstić information content (AvgIpc) is 3.35. The van der Waals surface area contributed by atoms with Crippen molar-refractivity contribution in [3.63, 3.8) is 0 Å². The van der Waals surface area contributed by atoms with E-state index >= 15 is 0 Å². The van der Waals surface area contributed by atoms with E-state index < -0.39 is 17.5 Å². The Morgan fingerprint density at radius 3 is 2.47 bits per heavy atom. The summed E-state index contributed by atoms with van der Waals surface area (Å²) in [6, 6.07) is 20.3. The molecule has 4 aromatic rings. The van der Waals surface area contributed by atoms with Gasteiger partial charge in [0.2, 0.25) is 0 Å². The van der Waals surface area contributed by atoms with Crippen molar-refractivity contribution in [2.75, 3.05) is 0 Å². The molecule has 5 rings (SSSR count). The molecule has 3 aromatic carbocycles. The zero-order valence-corrected chi connectivity index (χ0v) is 21.5. The molecule has 0 saturated carbocycles. The minimum absolute atomic E-state index is 0.0798. The zero-order chi connectivity index (χ0) is 27.0. The minimum atomic E-state index is -0.658. The fourth-order valence-corrected chi connectivity index (χ4v) is 4.77. The highest BCUT2D eigenvalue weighted by molar-refractivity contribution is 6.36. The second kappa shape index (κ2) is 10.1. The van der Waals surface area contributed by atoms with Crippen LogP contribution in [-0.2, 0) is 11.3 Å². The number of H-pyrrole nitrogens is 1. The lowest BCUT2D eigenvalue weighted by Gasteiger charge is -2.12. The second-order valence-corrected chi connectivity index (χ2v) is 9.44. The molecule has 0 spiro atoms. The van der Waals surface area contributed by atoms with Crippen molar-refractivity contribution < 1.29 is 9.59 Å². The normalized spacial score (nSPS) is 14.2. The van der Waals surface area contributed by atoms with Crippen molar-refractivity contribution in [2.24, 2.45) is 0 Å². The van der Waals surface area contributed by atoms with Crippen molar-refractivity contribution in [1.82, 2.24) is 20.0 Å². The third-order valence-corrected chi connectivity index (χ3v) is 6.75. The van der Waals surface area contributed by atoms with Gasteiger partial charge in [0.05, 0.1) is 40.1 Å². The second-order valence-electron chi connectivity index (χ2n) is 8.60. The van der Waals surface area contributed by atoms with Crippen molar-refractivity contribution in [3.8, 4) is 23.0 Å². The average molecular weight is 544 g/mol. The number of hydrogen-bond acceptors (Lipinski definition) is 4. The fraction of sp³-hybridized carbons (Fsp3) is 0.0714. The third kappa shape index (κ3) is 4.50. The molecule has 2 N–H and O–H groups in total. The lowest BCUT2D eigenvalue weighted by Crippen LogP contribution is -2.30. The molecule has 0 atom stereocenters. The Balaban J connectivity index is 1.62. The molecule has 1 aliphatic heterocycles. The molecular formula is C28H19Cl2N5O3. The Hall–Kier alpha value is -4.58. The number of imide groups is 1. The van der Waals surface area contributed by atoms with Gasteiger partial charge in [0, 0.05) is 10.6 Å². The maximum atomic E-state index is 13.7. The number of aromatic nitrogens is 2. The van der Waals surface area contributed by atoms with Crippen molar-refractivity contribution in [1.29, 1.82) is 5.26 Å². The van der Waals surface area contributed by atoms with Gasteiger partial charge in [-0.3, -0.25) is 19.6 Å². The number of aromatic amines is 1. The number of rotatable bonds is 5. The molecule has 8 nitrogen and oxygen atoms in total. The number of urea groups is 1. The van der Waals surface area contributed by atoms with Crippen LogP contribution in [0.3, 0.4) is 0 Å². The SMILES string of the molecule is Cc1ccccc1-n1[nH]c(-c2ccc(Cl)cc2Cl)c(/C=C2\NC(=O)N(Cc3ccccc3C#N)C2=O)c1=O. The Morgan fingerprint density at radius 2 is 1.74 bits per heavy atom. The summed E-state index contributed by atoms with van der Waals surface area (Å²) in [7, 11) is 0. The van der Waals surface area contributed by atoms with Gasteiger partial charge in [0.15, 0.2) is 0 Å². The number of nitrogens with one attached hydrogen (secondary N) is 2. The summed E-state index contributed by atoms with van der Waals surface area (Å²) < 4.78 is 1.37. The van der Waals surface area contributed by atoms with Crippen molar-refractivity contribution in [2.45, 2.75) is 13.5 Å². The molecular weight excluding hydrogens is 525 g/mol. The van der Waals surface area contributed by atoms with Crippen LogP contribution < -0.4 is 10.9 Å². The molecule has 1 fully saturated rings. The van der Waals surface area contributed by atoms with Crippen LogP contribution in [-0.4, -0.2) is 26.6 Å². The molecule has 0 aliphatic carbocycles. The number of aryl methyl sites for hydroxylation is 1. The molecule has 1 aliphatic rings. The summed E-state index contributed by atoms with van der Waals surface area (Å²) in [5.74, 6) is -0.626. The Kier molecular flexibility index (Phi) is 6.64. The van der Waals surface area contributed by atoms with Crippen molar-refractivity contribution >= 4 is 41.2 Å². The number of halogens is 2. The topological polar surface area (TPSA) is 111 Å². The van der Waals surface area contributed by atoms with Crippen LogP contribution in [0.25, 0.3) is 23.0 Å². The Morgan fingerprint density at radius 1 is 1.00 bits per heavy atom. The summed E-state index contributed by atoms with van der Waals surface area (Å²) in [6.45, 7) is 1.77. The maximum absolute atomic E-state index is 13.7. The quantitative estimate of drug-likeness (QED) is 0.259. The Labute approximate surface area is 227 Å². The molecule has 38 heavy (non-hydrogen) atoms. The van der Waals surface area contributed by atoms with E-state index in [1.165, 1.54) is 10.8 Å². The zero-order valence-electron chi connectivity index (χ0n) is 20.0. The van der Waals surface area contributed by atoms with E-state index in [2.05, 4.69) is 16.5 Å². The van der Waals surface area contributed by atoms with Crippen LogP contribution in [0.15, 0.2) is 77.2 Å². The van der Waals surface area contributed by atoms with Crippen LogP contribution in [0.2, 0.25) is 10.0 Å². The molecule has 3 amide bonds. The number of amides is 3. The molecule has 10 heteroatoms. The van der Waals surface area contributed by atoms with E-state index in [-0.39, 0.29) is 17.8 Å². The number of benzene rings is 3. The first-order chi connectivity index (χ1) is 18.3. The molecule has 188 valence electrons. The summed E-state index contributed by atoms with van der Waals surface area (Å²) in [4.78, 5) is 40.7. The highest BCUT2D eigenvalue weighted by Crippen LogP contribution is 2.32. The fourth-order valence-electron chi connectivity index (χ4n) is 4.26. The minimum Gasteiger partial charge on any atom is -0.303 e. The third-order valence-electron chi connectivity index (χ3n) is 6.20. The van der Waals surface area contributed by atoms with Gasteiger partial charge in [0.1, 0.15) is 5.70 Å². The summed E-state index contributed by atoms with van der Waals surface area (Å²) >= 11 is 12.6. The van der Waals surface area contributed by atoms with Crippen molar-refractivity contribution in [3.05, 3.63) is 115 Å². The number of nitriles is 1. The molecule has 0 bridgehead atoms. The van der Waals surface area contributed by atoms with Gasteiger partial charge < -0.3 is 5.32 Å². The smallest absolute Gasteiger partial charge is 0.303 e. The van der Waals surface area contributed by atoms with Gasteiger partial charge in [-0.05, 0) is 54.5 Å². The van der Waals surface area contributed by atoms with Gasteiger partial charge in [-0.25, -0.2) is 9.48 Å². The number of carbonyl (C=O) groups is 2. The monoisotopic (exact) mass is 543 g/mol. The number of hydrogen-bond donors (Lipinski definition) is 2. The lowest BCUT2D eigenvalue weighted by atomic mass is 10.1. The first-order valence-electron chi connectivity index (χ1n) is 11.5. The van der Waals surface area contributed by atoms with E-state index in [0.29, 0.717) is 38.1 Å². The van der Waals surface area contributed by atoms with Crippen LogP contribution >= 0.6 is 23.2 Å². The van der Waals surface area contributed by atoms with Gasteiger partial charge >= 0.3 is 6.03 Å². The lowest BCUT2D eigenvalue weighted by molar-refractivity contribution is -0.123. The molecule has 1 aromatic heterocycles. The highest BCUT2D eigenvalue weighted by Gasteiger charge is 2.35. The summed E-state index contributed by atoms with van der Waals surface area (Å²) in [5, 5.41) is 15.7. The molecule has 1 saturated heterocycles. The molecule has 0 radical (unpaired) electrons. The van der Waals surface area contributed by atoms with Crippen LogP contribution in [0.5, 0.6) is 0 Å².